The van der Waals surface area contributed by atoms with Crippen molar-refractivity contribution in [3.63, 3.8) is 0 Å². The normalized spacial score (nSPS) is 18.1. The average molecular weight is 748 g/mol. The third-order valence-corrected chi connectivity index (χ3v) is 10.1. The molecule has 55 heavy (non-hydrogen) atoms. The first-order valence-electron chi connectivity index (χ1n) is 18.1. The van der Waals surface area contributed by atoms with Crippen molar-refractivity contribution in [3.8, 4) is 16.9 Å². The van der Waals surface area contributed by atoms with E-state index in [0.29, 0.717) is 59.5 Å². The van der Waals surface area contributed by atoms with Crippen molar-refractivity contribution < 1.29 is 23.6 Å². The summed E-state index contributed by atoms with van der Waals surface area (Å²) in [7, 11) is 3.43. The topological polar surface area (TPSA) is 191 Å². The molecule has 1 saturated heterocycles. The summed E-state index contributed by atoms with van der Waals surface area (Å²) < 4.78 is 19.6. The summed E-state index contributed by atoms with van der Waals surface area (Å²) >= 11 is 0. The van der Waals surface area contributed by atoms with Gasteiger partial charge in [-0.3, -0.25) is 33.6 Å². The second kappa shape index (κ2) is 14.3. The first-order chi connectivity index (χ1) is 26.6. The zero-order valence-electron chi connectivity index (χ0n) is 30.1. The fraction of sp³-hybridized carbons (Fsp3) is 0.316. The van der Waals surface area contributed by atoms with Gasteiger partial charge in [-0.2, -0.15) is 10.2 Å². The number of aromatic nitrogens is 7. The summed E-state index contributed by atoms with van der Waals surface area (Å²) in [6.45, 7) is 0.457. The SMILES string of the molecule is CNc1cc(-c2cnn(-c3ccc(C(=O)NCCCCc4cccc5c4n(C)c(=O)n5C4CCC(=O)NC4=O)cc3)c2)nn2c(C(=O)N[C@@H]3C[C@@H]3F)cnc12. The Morgan fingerprint density at radius 3 is 2.58 bits per heavy atom. The number of para-hydroxylation sites is 1. The maximum absolute atomic E-state index is 13.4. The number of anilines is 1. The summed E-state index contributed by atoms with van der Waals surface area (Å²) in [4.78, 5) is 67.6. The minimum Gasteiger partial charge on any atom is -0.385 e. The predicted molar refractivity (Wildman–Crippen MR) is 200 cm³/mol. The van der Waals surface area contributed by atoms with E-state index < -0.39 is 30.1 Å². The van der Waals surface area contributed by atoms with Gasteiger partial charge in [0.05, 0.1) is 46.5 Å². The highest BCUT2D eigenvalue weighted by Gasteiger charge is 2.39. The van der Waals surface area contributed by atoms with E-state index in [1.807, 2.05) is 18.2 Å². The van der Waals surface area contributed by atoms with Crippen molar-refractivity contribution in [1.82, 2.24) is 49.5 Å². The average Bonchev–Trinajstić information content (AvgIpc) is 3.52. The van der Waals surface area contributed by atoms with Crippen molar-refractivity contribution in [3.05, 3.63) is 94.4 Å². The number of carbonyl (C=O) groups is 4. The second-order valence-electron chi connectivity index (χ2n) is 13.8. The Morgan fingerprint density at radius 2 is 1.84 bits per heavy atom. The Bertz CT molecular complexity index is 2550. The minimum atomic E-state index is -1.03. The van der Waals surface area contributed by atoms with E-state index in [-0.39, 0.29) is 36.0 Å². The maximum atomic E-state index is 13.4. The number of rotatable bonds is 12. The van der Waals surface area contributed by atoms with Gasteiger partial charge in [0.15, 0.2) is 11.3 Å². The molecule has 16 nitrogen and oxygen atoms in total. The summed E-state index contributed by atoms with van der Waals surface area (Å²) in [6, 6.07) is 13.3. The Labute approximate surface area is 312 Å². The van der Waals surface area contributed by atoms with Crippen LogP contribution in [0.2, 0.25) is 0 Å². The van der Waals surface area contributed by atoms with E-state index in [1.165, 1.54) is 15.3 Å². The lowest BCUT2D eigenvalue weighted by Gasteiger charge is -2.21. The molecule has 2 aromatic carbocycles. The quantitative estimate of drug-likeness (QED) is 0.108. The fourth-order valence-corrected chi connectivity index (χ4v) is 7.06. The van der Waals surface area contributed by atoms with Crippen molar-refractivity contribution in [2.24, 2.45) is 7.05 Å². The molecule has 3 atom stereocenters. The monoisotopic (exact) mass is 747 g/mol. The number of nitrogens with one attached hydrogen (secondary N) is 4. The van der Waals surface area contributed by atoms with Crippen LogP contribution in [0.15, 0.2) is 71.9 Å². The van der Waals surface area contributed by atoms with Crippen LogP contribution in [0.25, 0.3) is 33.6 Å². The Hall–Kier alpha value is -6.65. The number of imide groups is 1. The molecule has 2 aliphatic rings. The first-order valence-corrected chi connectivity index (χ1v) is 18.1. The molecular weight excluding hydrogens is 709 g/mol. The molecule has 4 aromatic heterocycles. The molecule has 1 aliphatic carbocycles. The Kier molecular flexibility index (Phi) is 9.20. The molecular formula is C38H38FN11O5. The van der Waals surface area contributed by atoms with E-state index in [1.54, 1.807) is 66.1 Å². The van der Waals surface area contributed by atoms with Gasteiger partial charge in [-0.25, -0.2) is 23.4 Å². The molecule has 0 bridgehead atoms. The molecule has 17 heteroatoms. The lowest BCUT2D eigenvalue weighted by Crippen LogP contribution is -2.44. The van der Waals surface area contributed by atoms with Crippen LogP contribution < -0.4 is 27.0 Å². The van der Waals surface area contributed by atoms with Gasteiger partial charge in [0.25, 0.3) is 11.8 Å². The number of benzene rings is 2. The molecule has 1 unspecified atom stereocenters. The van der Waals surface area contributed by atoms with Gasteiger partial charge in [-0.05, 0) is 67.6 Å². The van der Waals surface area contributed by atoms with Crippen LogP contribution in [-0.4, -0.2) is 82.9 Å². The first kappa shape index (κ1) is 35.4. The molecule has 6 aromatic rings. The number of halogens is 1. The number of unbranched alkanes of at least 4 members (excludes halogenated alkanes) is 1. The van der Waals surface area contributed by atoms with E-state index >= 15 is 0 Å². The number of hydrogen-bond donors (Lipinski definition) is 4. The number of amides is 4. The minimum absolute atomic E-state index is 0.179. The van der Waals surface area contributed by atoms with Crippen LogP contribution in [0, 0.1) is 0 Å². The van der Waals surface area contributed by atoms with E-state index in [0.717, 1.165) is 23.2 Å². The lowest BCUT2D eigenvalue weighted by atomic mass is 10.0. The number of alkyl halides is 1. The Morgan fingerprint density at radius 1 is 1.04 bits per heavy atom. The summed E-state index contributed by atoms with van der Waals surface area (Å²) in [5.74, 6) is -1.46. The van der Waals surface area contributed by atoms with Crippen LogP contribution >= 0.6 is 0 Å². The molecule has 0 spiro atoms. The Balaban J connectivity index is 0.882. The van der Waals surface area contributed by atoms with Crippen molar-refractivity contribution >= 4 is 46.0 Å². The molecule has 8 rings (SSSR count). The van der Waals surface area contributed by atoms with Gasteiger partial charge in [0, 0.05) is 50.8 Å². The molecule has 5 heterocycles. The van der Waals surface area contributed by atoms with Crippen molar-refractivity contribution in [2.75, 3.05) is 18.9 Å². The third kappa shape index (κ3) is 6.72. The molecule has 1 saturated carbocycles. The number of imidazole rings is 2. The van der Waals surface area contributed by atoms with Crippen molar-refractivity contribution in [1.29, 1.82) is 0 Å². The molecule has 1 aliphatic heterocycles. The zero-order valence-corrected chi connectivity index (χ0v) is 30.1. The van der Waals surface area contributed by atoms with Gasteiger partial charge in [-0.15, -0.1) is 0 Å². The highest BCUT2D eigenvalue weighted by Crippen LogP contribution is 2.28. The largest absolute Gasteiger partial charge is 0.385 e. The van der Waals surface area contributed by atoms with Gasteiger partial charge >= 0.3 is 5.69 Å². The molecule has 2 fully saturated rings. The third-order valence-electron chi connectivity index (χ3n) is 10.1. The predicted octanol–water partition coefficient (Wildman–Crippen LogP) is 2.85. The number of nitrogens with zero attached hydrogens (tertiary/aromatic N) is 7. The van der Waals surface area contributed by atoms with Gasteiger partial charge in [0.1, 0.15) is 12.2 Å². The maximum Gasteiger partial charge on any atom is 0.329 e. The number of fused-ring (bicyclic) bond motifs is 2. The van der Waals surface area contributed by atoms with Crippen LogP contribution in [-0.2, 0) is 23.1 Å². The van der Waals surface area contributed by atoms with Gasteiger partial charge < -0.3 is 16.0 Å². The van der Waals surface area contributed by atoms with Gasteiger partial charge in [0.2, 0.25) is 11.8 Å². The highest BCUT2D eigenvalue weighted by molar-refractivity contribution is 6.00. The number of carbonyl (C=O) groups excluding carboxylic acids is 4. The van der Waals surface area contributed by atoms with E-state index in [9.17, 15) is 28.4 Å². The summed E-state index contributed by atoms with van der Waals surface area (Å²) in [5, 5.41) is 20.2. The van der Waals surface area contributed by atoms with E-state index in [2.05, 4.69) is 36.4 Å². The fourth-order valence-electron chi connectivity index (χ4n) is 7.06. The zero-order chi connectivity index (χ0) is 38.4. The van der Waals surface area contributed by atoms with Crippen molar-refractivity contribution in [2.45, 2.75) is 56.8 Å². The number of piperidine rings is 1. The number of aryl methyl sites for hydroxylation is 2. The molecule has 4 N–H and O–H groups in total. The molecule has 4 amide bonds. The van der Waals surface area contributed by atoms with Gasteiger partial charge in [-0.1, -0.05) is 12.1 Å². The van der Waals surface area contributed by atoms with Crippen LogP contribution in [0.5, 0.6) is 0 Å². The van der Waals surface area contributed by atoms with Crippen LogP contribution in [0.1, 0.15) is 64.6 Å². The molecule has 282 valence electrons. The lowest BCUT2D eigenvalue weighted by molar-refractivity contribution is -0.135. The highest BCUT2D eigenvalue weighted by atomic mass is 19.1. The number of hydrogen-bond acceptors (Lipinski definition) is 9. The van der Waals surface area contributed by atoms with Crippen LogP contribution in [0.3, 0.4) is 0 Å². The standard InChI is InChI=1S/C38H38FN11O5/c1-40-28-17-26(46-50-31(19-42-34(28)50)37(54)44-27-16-25(27)39)23-18-43-48(20-23)24-11-9-22(10-12-24)35(52)41-15-4-3-6-21-7-5-8-29-33(21)47(2)38(55)49(29)30-13-14-32(51)45-36(30)53/h5,7-12,17-20,25,27,30,40H,3-4,6,13-16H2,1-2H3,(H,41,52)(H,44,54)(H,45,51,53)/t25-,27+,30?/m0/s1. The van der Waals surface area contributed by atoms with E-state index in [4.69, 9.17) is 0 Å². The smallest absolute Gasteiger partial charge is 0.329 e. The second-order valence-corrected chi connectivity index (χ2v) is 13.8. The van der Waals surface area contributed by atoms with Crippen LogP contribution in [0.4, 0.5) is 10.1 Å². The summed E-state index contributed by atoms with van der Waals surface area (Å²) in [5.41, 5.74) is 5.79. The molecule has 0 radical (unpaired) electrons. The summed E-state index contributed by atoms with van der Waals surface area (Å²) in [6.07, 6.45) is 6.70.